The van der Waals surface area contributed by atoms with E-state index in [-0.39, 0.29) is 24.0 Å². The fourth-order valence-corrected chi connectivity index (χ4v) is 3.92. The summed E-state index contributed by atoms with van der Waals surface area (Å²) >= 11 is 0. The molecule has 0 bridgehead atoms. The van der Waals surface area contributed by atoms with Crippen LogP contribution < -0.4 is 15.8 Å². The average molecular weight is 351 g/mol. The van der Waals surface area contributed by atoms with E-state index in [4.69, 9.17) is 5.73 Å². The van der Waals surface area contributed by atoms with Crippen LogP contribution in [0.4, 0.5) is 18.9 Å². The van der Waals surface area contributed by atoms with Crippen molar-refractivity contribution in [1.82, 2.24) is 0 Å². The number of nitrogens with one attached hydrogen (secondary N) is 1. The number of ether oxygens (including phenoxy) is 1. The molecule has 0 aromatic heterocycles. The number of hydrogen-bond donors (Lipinski definition) is 2. The molecule has 1 unspecified atom stereocenters. The summed E-state index contributed by atoms with van der Waals surface area (Å²) in [6.07, 6.45) is -3.57. The smallest absolute Gasteiger partial charge is 0.406 e. The van der Waals surface area contributed by atoms with Crippen LogP contribution in [0.2, 0.25) is 0 Å². The molecular weight excluding hydrogens is 335 g/mol. The second kappa shape index (κ2) is 6.65. The Morgan fingerprint density at radius 3 is 2.52 bits per heavy atom. The topological polar surface area (TPSA) is 93.8 Å². The van der Waals surface area contributed by atoms with Gasteiger partial charge in [-0.2, -0.15) is 0 Å². The fourth-order valence-electron chi connectivity index (χ4n) is 2.19. The minimum Gasteiger partial charge on any atom is -0.406 e. The maximum absolute atomic E-state index is 12.0. The fraction of sp³-hybridized carbons (Fsp3) is 0.462. The van der Waals surface area contributed by atoms with Crippen LogP contribution in [0.5, 0.6) is 5.75 Å². The van der Waals surface area contributed by atoms with E-state index in [2.05, 4.69) is 15.0 Å². The quantitative estimate of drug-likeness (QED) is 0.638. The largest absolute Gasteiger partial charge is 0.573 e. The molecule has 23 heavy (non-hydrogen) atoms. The van der Waals surface area contributed by atoms with Crippen molar-refractivity contribution in [2.45, 2.75) is 24.5 Å². The Morgan fingerprint density at radius 1 is 1.35 bits per heavy atom. The van der Waals surface area contributed by atoms with Gasteiger partial charge in [0.25, 0.3) is 0 Å². The minimum atomic E-state index is -4.75. The Labute approximate surface area is 131 Å². The molecule has 1 aliphatic heterocycles. The number of benzene rings is 1. The molecule has 128 valence electrons. The number of anilines is 1. The van der Waals surface area contributed by atoms with Crippen LogP contribution in [0.25, 0.3) is 0 Å². The highest BCUT2D eigenvalue weighted by Gasteiger charge is 2.31. The maximum Gasteiger partial charge on any atom is 0.573 e. The highest BCUT2D eigenvalue weighted by Crippen LogP contribution is 2.24. The molecule has 0 spiro atoms. The number of guanidine groups is 1. The Bertz CT molecular complexity index is 672. The van der Waals surface area contributed by atoms with Crippen LogP contribution >= 0.6 is 0 Å². The number of rotatable bonds is 4. The van der Waals surface area contributed by atoms with Gasteiger partial charge in [0.15, 0.2) is 15.8 Å². The first-order chi connectivity index (χ1) is 10.7. The molecule has 0 saturated carbocycles. The number of hydrogen-bond acceptors (Lipinski definition) is 4. The number of nitrogens with zero attached hydrogens (tertiary/aromatic N) is 1. The Morgan fingerprint density at radius 2 is 2.00 bits per heavy atom. The van der Waals surface area contributed by atoms with Crippen molar-refractivity contribution in [1.29, 1.82) is 0 Å². The van der Waals surface area contributed by atoms with Crippen molar-refractivity contribution in [3.05, 3.63) is 24.3 Å². The first kappa shape index (κ1) is 17.4. The Hall–Kier alpha value is -1.97. The lowest BCUT2D eigenvalue weighted by atomic mass is 10.2. The van der Waals surface area contributed by atoms with Gasteiger partial charge < -0.3 is 15.8 Å². The van der Waals surface area contributed by atoms with E-state index in [1.54, 1.807) is 0 Å². The molecule has 0 radical (unpaired) electrons. The van der Waals surface area contributed by atoms with Crippen molar-refractivity contribution < 1.29 is 26.3 Å². The van der Waals surface area contributed by atoms with E-state index in [0.717, 1.165) is 12.1 Å². The number of halogens is 3. The third-order valence-electron chi connectivity index (χ3n) is 3.29. The maximum atomic E-state index is 12.0. The lowest BCUT2D eigenvalue weighted by molar-refractivity contribution is -0.274. The standard InChI is InChI=1S/C13H16F3N3O3S/c14-13(15,16)22-10-5-3-9(4-6-10)19-12(17)18-8-11-2-1-7-23(11,20)21/h3-6,11H,1-2,7-8H2,(H3,17,18,19). The predicted octanol–water partition coefficient (Wildman–Crippen LogP) is 1.89. The summed E-state index contributed by atoms with van der Waals surface area (Å²) in [6, 6.07) is 4.95. The van der Waals surface area contributed by atoms with Gasteiger partial charge in [-0.15, -0.1) is 13.2 Å². The van der Waals surface area contributed by atoms with Crippen molar-refractivity contribution in [3.63, 3.8) is 0 Å². The van der Waals surface area contributed by atoms with Crippen molar-refractivity contribution in [3.8, 4) is 5.75 Å². The van der Waals surface area contributed by atoms with E-state index < -0.39 is 21.4 Å². The zero-order valence-corrected chi connectivity index (χ0v) is 12.8. The van der Waals surface area contributed by atoms with Crippen LogP contribution in [0.15, 0.2) is 29.3 Å². The summed E-state index contributed by atoms with van der Waals surface area (Å²) in [4.78, 5) is 3.97. The molecule has 1 saturated heterocycles. The summed E-state index contributed by atoms with van der Waals surface area (Å²) < 4.78 is 63.2. The van der Waals surface area contributed by atoms with Gasteiger partial charge in [-0.05, 0) is 37.1 Å². The molecule has 0 amide bonds. The molecule has 1 aromatic carbocycles. The first-order valence-corrected chi connectivity index (χ1v) is 8.51. The normalized spacial score (nSPS) is 21.2. The van der Waals surface area contributed by atoms with Crippen LogP contribution in [-0.2, 0) is 9.84 Å². The number of sulfone groups is 1. The van der Waals surface area contributed by atoms with E-state index >= 15 is 0 Å². The van der Waals surface area contributed by atoms with Gasteiger partial charge >= 0.3 is 6.36 Å². The first-order valence-electron chi connectivity index (χ1n) is 6.80. The number of aliphatic imine (C=N–C) groups is 1. The SMILES string of the molecule is NC(=NCC1CCCS1(=O)=O)Nc1ccc(OC(F)(F)F)cc1. The molecular formula is C13H16F3N3O3S. The Kier molecular flexibility index (Phi) is 5.03. The lowest BCUT2D eigenvalue weighted by Gasteiger charge is -2.11. The van der Waals surface area contributed by atoms with Gasteiger partial charge in [-0.1, -0.05) is 0 Å². The molecule has 1 fully saturated rings. The monoisotopic (exact) mass is 351 g/mol. The van der Waals surface area contributed by atoms with Crippen LogP contribution in [0, 0.1) is 0 Å². The van der Waals surface area contributed by atoms with Crippen LogP contribution in [-0.4, -0.2) is 38.3 Å². The molecule has 1 heterocycles. The second-order valence-corrected chi connectivity index (χ2v) is 7.45. The lowest BCUT2D eigenvalue weighted by Crippen LogP contribution is -2.26. The van der Waals surface area contributed by atoms with Crippen molar-refractivity contribution in [2.75, 3.05) is 17.6 Å². The zero-order valence-electron chi connectivity index (χ0n) is 12.0. The highest BCUT2D eigenvalue weighted by molar-refractivity contribution is 7.92. The summed E-state index contributed by atoms with van der Waals surface area (Å²) in [7, 11) is -3.09. The molecule has 2 rings (SSSR count). The van der Waals surface area contributed by atoms with Gasteiger partial charge in [0.05, 0.1) is 17.5 Å². The minimum absolute atomic E-state index is 0.00316. The molecule has 10 heteroatoms. The van der Waals surface area contributed by atoms with E-state index in [1.165, 1.54) is 12.1 Å². The molecule has 1 aliphatic rings. The summed E-state index contributed by atoms with van der Waals surface area (Å²) in [5.41, 5.74) is 6.06. The van der Waals surface area contributed by atoms with Crippen molar-refractivity contribution in [2.24, 2.45) is 10.7 Å². The summed E-state index contributed by atoms with van der Waals surface area (Å²) in [6.45, 7) is 0.0659. The third-order valence-corrected chi connectivity index (χ3v) is 5.55. The molecule has 3 N–H and O–H groups in total. The zero-order chi connectivity index (χ0) is 17.1. The molecule has 0 aliphatic carbocycles. The van der Waals surface area contributed by atoms with Gasteiger partial charge in [0.2, 0.25) is 0 Å². The third kappa shape index (κ3) is 5.31. The van der Waals surface area contributed by atoms with E-state index in [1.807, 2.05) is 0 Å². The molecule has 1 atom stereocenters. The van der Waals surface area contributed by atoms with Gasteiger partial charge in [-0.25, -0.2) is 8.42 Å². The highest BCUT2D eigenvalue weighted by atomic mass is 32.2. The van der Waals surface area contributed by atoms with Gasteiger partial charge in [-0.3, -0.25) is 4.99 Å². The van der Waals surface area contributed by atoms with Crippen molar-refractivity contribution >= 4 is 21.5 Å². The van der Waals surface area contributed by atoms with Crippen LogP contribution in [0.3, 0.4) is 0 Å². The van der Waals surface area contributed by atoms with Crippen LogP contribution in [0.1, 0.15) is 12.8 Å². The predicted molar refractivity (Wildman–Crippen MR) is 80.0 cm³/mol. The summed E-state index contributed by atoms with van der Waals surface area (Å²) in [5.74, 6) is -0.187. The number of alkyl halides is 3. The van der Waals surface area contributed by atoms with E-state index in [9.17, 15) is 21.6 Å². The second-order valence-electron chi connectivity index (χ2n) is 5.05. The number of nitrogens with two attached hydrogens (primary N) is 1. The molecule has 1 aromatic rings. The van der Waals surface area contributed by atoms with Gasteiger partial charge in [0, 0.05) is 5.69 Å². The molecule has 6 nitrogen and oxygen atoms in total. The van der Waals surface area contributed by atoms with Gasteiger partial charge in [0.1, 0.15) is 5.75 Å². The average Bonchev–Trinajstić information content (AvgIpc) is 2.76. The summed E-state index contributed by atoms with van der Waals surface area (Å²) in [5, 5.41) is 2.16. The Balaban J connectivity index is 1.92. The van der Waals surface area contributed by atoms with E-state index in [0.29, 0.717) is 18.5 Å².